The van der Waals surface area contributed by atoms with E-state index in [4.69, 9.17) is 15.9 Å². The van der Waals surface area contributed by atoms with Gasteiger partial charge in [-0.1, -0.05) is 13.8 Å². The SMILES string of the molecule is CC(C)CC[C@H](N)C(O)O. The summed E-state index contributed by atoms with van der Waals surface area (Å²) in [5.74, 6) is 0.574. The van der Waals surface area contributed by atoms with Gasteiger partial charge >= 0.3 is 0 Å². The van der Waals surface area contributed by atoms with Crippen LogP contribution in [-0.2, 0) is 0 Å². The fourth-order valence-corrected chi connectivity index (χ4v) is 0.675. The number of aliphatic hydroxyl groups excluding tert-OH is 1. The molecule has 0 heterocycles. The van der Waals surface area contributed by atoms with Crippen LogP contribution in [0, 0.1) is 5.92 Å². The van der Waals surface area contributed by atoms with Gasteiger partial charge in [0, 0.05) is 0 Å². The summed E-state index contributed by atoms with van der Waals surface area (Å²) >= 11 is 0. The van der Waals surface area contributed by atoms with Crippen LogP contribution in [-0.4, -0.2) is 22.5 Å². The van der Waals surface area contributed by atoms with E-state index in [9.17, 15) is 0 Å². The standard InChI is InChI=1S/C7H17NO2/c1-5(2)3-4-6(8)7(9)10/h5-7,9-10H,3-4,8H2,1-2H3/t6-/m0/s1. The Morgan fingerprint density at radius 2 is 1.70 bits per heavy atom. The van der Waals surface area contributed by atoms with Gasteiger partial charge in [0.25, 0.3) is 0 Å². The van der Waals surface area contributed by atoms with Crippen LogP contribution in [0.5, 0.6) is 0 Å². The summed E-state index contributed by atoms with van der Waals surface area (Å²) in [6.07, 6.45) is 0.257. The van der Waals surface area contributed by atoms with Crippen molar-refractivity contribution in [1.82, 2.24) is 0 Å². The molecule has 0 aliphatic rings. The molecule has 0 radical (unpaired) electrons. The van der Waals surface area contributed by atoms with Crippen LogP contribution in [0.15, 0.2) is 0 Å². The van der Waals surface area contributed by atoms with Crippen LogP contribution >= 0.6 is 0 Å². The Bertz CT molecular complexity index is 83.7. The van der Waals surface area contributed by atoms with Gasteiger partial charge < -0.3 is 15.9 Å². The van der Waals surface area contributed by atoms with Crippen LogP contribution in [0.2, 0.25) is 0 Å². The summed E-state index contributed by atoms with van der Waals surface area (Å²) < 4.78 is 0. The molecule has 0 aromatic carbocycles. The smallest absolute Gasteiger partial charge is 0.166 e. The van der Waals surface area contributed by atoms with Gasteiger partial charge in [-0.05, 0) is 18.8 Å². The molecule has 1 atom stereocenters. The minimum absolute atomic E-state index is 0.484. The highest BCUT2D eigenvalue weighted by Gasteiger charge is 2.10. The number of nitrogens with two attached hydrogens (primary N) is 1. The second kappa shape index (κ2) is 4.66. The van der Waals surface area contributed by atoms with E-state index in [1.54, 1.807) is 0 Å². The lowest BCUT2D eigenvalue weighted by Gasteiger charge is -2.14. The average molecular weight is 147 g/mol. The van der Waals surface area contributed by atoms with E-state index in [0.717, 1.165) is 6.42 Å². The Morgan fingerprint density at radius 3 is 2.00 bits per heavy atom. The molecule has 3 heteroatoms. The molecular formula is C7H17NO2. The van der Waals surface area contributed by atoms with Gasteiger partial charge in [-0.25, -0.2) is 0 Å². The van der Waals surface area contributed by atoms with E-state index in [1.165, 1.54) is 0 Å². The molecule has 0 saturated heterocycles. The van der Waals surface area contributed by atoms with Crippen molar-refractivity contribution in [2.75, 3.05) is 0 Å². The van der Waals surface area contributed by atoms with Crippen molar-refractivity contribution in [3.8, 4) is 0 Å². The molecule has 0 aliphatic heterocycles. The zero-order chi connectivity index (χ0) is 8.15. The molecule has 62 valence electrons. The predicted molar refractivity (Wildman–Crippen MR) is 40.3 cm³/mol. The average Bonchev–Trinajstić information content (AvgIpc) is 1.82. The number of rotatable bonds is 4. The molecule has 0 fully saturated rings. The molecular weight excluding hydrogens is 130 g/mol. The van der Waals surface area contributed by atoms with Gasteiger partial charge in [0.15, 0.2) is 6.29 Å². The normalized spacial score (nSPS) is 14.7. The van der Waals surface area contributed by atoms with E-state index in [1.807, 2.05) is 0 Å². The summed E-state index contributed by atoms with van der Waals surface area (Å²) in [5, 5.41) is 17.1. The van der Waals surface area contributed by atoms with Crippen LogP contribution in [0.3, 0.4) is 0 Å². The second-order valence-electron chi connectivity index (χ2n) is 3.05. The third-order valence-electron chi connectivity index (χ3n) is 1.46. The van der Waals surface area contributed by atoms with Gasteiger partial charge in [-0.3, -0.25) is 0 Å². The zero-order valence-electron chi connectivity index (χ0n) is 6.62. The number of aliphatic hydroxyl groups is 2. The topological polar surface area (TPSA) is 66.5 Å². The molecule has 3 nitrogen and oxygen atoms in total. The van der Waals surface area contributed by atoms with Crippen LogP contribution in [0.4, 0.5) is 0 Å². The minimum Gasteiger partial charge on any atom is -0.367 e. The highest BCUT2D eigenvalue weighted by atomic mass is 16.5. The highest BCUT2D eigenvalue weighted by molar-refractivity contribution is 4.63. The first-order valence-electron chi connectivity index (χ1n) is 3.65. The Balaban J connectivity index is 3.30. The summed E-state index contributed by atoms with van der Waals surface area (Å²) in [7, 11) is 0. The Morgan fingerprint density at radius 1 is 1.20 bits per heavy atom. The van der Waals surface area contributed by atoms with Gasteiger partial charge in [0.1, 0.15) is 0 Å². The first kappa shape index (κ1) is 9.88. The Kier molecular flexibility index (Phi) is 4.60. The predicted octanol–water partition coefficient (Wildman–Crippen LogP) is 0.0606. The first-order valence-corrected chi connectivity index (χ1v) is 3.65. The molecule has 4 N–H and O–H groups in total. The molecule has 0 aliphatic carbocycles. The summed E-state index contributed by atoms with van der Waals surface area (Å²) in [5.41, 5.74) is 5.36. The molecule has 0 rings (SSSR count). The molecule has 0 amide bonds. The molecule has 0 spiro atoms. The quantitative estimate of drug-likeness (QED) is 0.493. The lowest BCUT2D eigenvalue weighted by Crippen LogP contribution is -2.34. The fourth-order valence-electron chi connectivity index (χ4n) is 0.675. The van der Waals surface area contributed by atoms with E-state index in [2.05, 4.69) is 13.8 Å². The first-order chi connectivity index (χ1) is 4.54. The lowest BCUT2D eigenvalue weighted by atomic mass is 10.0. The monoisotopic (exact) mass is 147 g/mol. The van der Waals surface area contributed by atoms with E-state index in [0.29, 0.717) is 12.3 Å². The molecule has 0 bridgehead atoms. The lowest BCUT2D eigenvalue weighted by molar-refractivity contribution is -0.0603. The van der Waals surface area contributed by atoms with Gasteiger partial charge in [0.05, 0.1) is 6.04 Å². The van der Waals surface area contributed by atoms with Crippen molar-refractivity contribution in [2.45, 2.75) is 39.0 Å². The Hall–Kier alpha value is -0.120. The fraction of sp³-hybridized carbons (Fsp3) is 1.00. The maximum atomic E-state index is 8.56. The molecule has 0 saturated carbocycles. The van der Waals surface area contributed by atoms with Crippen molar-refractivity contribution in [3.05, 3.63) is 0 Å². The van der Waals surface area contributed by atoms with Gasteiger partial charge in [-0.2, -0.15) is 0 Å². The molecule has 0 unspecified atom stereocenters. The van der Waals surface area contributed by atoms with E-state index < -0.39 is 12.3 Å². The second-order valence-corrected chi connectivity index (χ2v) is 3.05. The van der Waals surface area contributed by atoms with Crippen LogP contribution in [0.1, 0.15) is 26.7 Å². The van der Waals surface area contributed by atoms with Crippen molar-refractivity contribution < 1.29 is 10.2 Å². The minimum atomic E-state index is -1.36. The van der Waals surface area contributed by atoms with Crippen LogP contribution in [0.25, 0.3) is 0 Å². The zero-order valence-corrected chi connectivity index (χ0v) is 6.62. The van der Waals surface area contributed by atoms with Crippen molar-refractivity contribution >= 4 is 0 Å². The van der Waals surface area contributed by atoms with Crippen molar-refractivity contribution in [1.29, 1.82) is 0 Å². The van der Waals surface area contributed by atoms with Crippen molar-refractivity contribution in [2.24, 2.45) is 11.7 Å². The number of hydrogen-bond acceptors (Lipinski definition) is 3. The van der Waals surface area contributed by atoms with Gasteiger partial charge in [-0.15, -0.1) is 0 Å². The maximum Gasteiger partial charge on any atom is 0.166 e. The molecule has 0 aromatic rings. The molecule has 10 heavy (non-hydrogen) atoms. The summed E-state index contributed by atoms with van der Waals surface area (Å²) in [4.78, 5) is 0. The Labute approximate surface area is 61.9 Å². The number of hydrogen-bond donors (Lipinski definition) is 3. The highest BCUT2D eigenvalue weighted by Crippen LogP contribution is 2.06. The third kappa shape index (κ3) is 4.73. The van der Waals surface area contributed by atoms with E-state index in [-0.39, 0.29) is 0 Å². The summed E-state index contributed by atoms with van der Waals surface area (Å²) in [6.45, 7) is 4.16. The van der Waals surface area contributed by atoms with Crippen LogP contribution < -0.4 is 5.73 Å². The summed E-state index contributed by atoms with van der Waals surface area (Å²) in [6, 6.07) is -0.484. The van der Waals surface area contributed by atoms with Gasteiger partial charge in [0.2, 0.25) is 0 Å². The maximum absolute atomic E-state index is 8.56. The largest absolute Gasteiger partial charge is 0.367 e. The van der Waals surface area contributed by atoms with E-state index >= 15 is 0 Å². The molecule has 0 aromatic heterocycles. The third-order valence-corrected chi connectivity index (χ3v) is 1.46. The van der Waals surface area contributed by atoms with Crippen molar-refractivity contribution in [3.63, 3.8) is 0 Å².